The zero-order valence-corrected chi connectivity index (χ0v) is 16.8. The fraction of sp³-hybridized carbons (Fsp3) is 0.318. The molecule has 0 saturated carbocycles. The fourth-order valence-corrected chi connectivity index (χ4v) is 3.75. The Morgan fingerprint density at radius 1 is 1.22 bits per heavy atom. The van der Waals surface area contributed by atoms with E-state index in [0.717, 1.165) is 11.5 Å². The third-order valence-electron chi connectivity index (χ3n) is 5.38. The molecule has 2 N–H and O–H groups in total. The first-order valence-corrected chi connectivity index (χ1v) is 9.99. The summed E-state index contributed by atoms with van der Waals surface area (Å²) in [6, 6.07) is 11.7. The van der Waals surface area contributed by atoms with Crippen LogP contribution in [-0.2, 0) is 0 Å². The molecule has 0 radical (unpaired) electrons. The molecule has 5 nitrogen and oxygen atoms in total. The van der Waals surface area contributed by atoms with Gasteiger partial charge in [-0.05, 0) is 36.6 Å². The standard InChI is InChI=1S/C22H20F5N3O2/c23-16-6-3-4-14-10-18(29-19(14)16)28-11-13-8-9-30(12-13)20(31)15-5-1-2-7-17(15)32-22(26,27)21(24)25/h1-7,10,13,21,28-29H,8-9,11-12H2/t13-/m0/s1. The molecule has 2 heterocycles. The Labute approximate surface area is 180 Å². The third kappa shape index (κ3) is 4.49. The number of nitrogens with zero attached hydrogens (tertiary/aromatic N) is 1. The number of ether oxygens (including phenoxy) is 1. The summed E-state index contributed by atoms with van der Waals surface area (Å²) in [6.45, 7) is 1.23. The van der Waals surface area contributed by atoms with Gasteiger partial charge in [0.1, 0.15) is 17.4 Å². The lowest BCUT2D eigenvalue weighted by Crippen LogP contribution is -2.35. The molecule has 2 aromatic carbocycles. The van der Waals surface area contributed by atoms with Crippen LogP contribution in [0.4, 0.5) is 27.8 Å². The molecular weight excluding hydrogens is 433 g/mol. The minimum absolute atomic E-state index is 0.0609. The Bertz CT molecular complexity index is 1120. The molecule has 1 aliphatic rings. The van der Waals surface area contributed by atoms with Crippen molar-refractivity contribution in [3.63, 3.8) is 0 Å². The van der Waals surface area contributed by atoms with Crippen LogP contribution in [-0.4, -0.2) is 48.0 Å². The number of amides is 1. The van der Waals surface area contributed by atoms with Crippen LogP contribution in [0.3, 0.4) is 0 Å². The zero-order valence-electron chi connectivity index (χ0n) is 16.8. The molecule has 10 heteroatoms. The van der Waals surface area contributed by atoms with Gasteiger partial charge in [0.2, 0.25) is 0 Å². The summed E-state index contributed by atoms with van der Waals surface area (Å²) in [5.41, 5.74) is 0.197. The maximum atomic E-state index is 13.8. The number of benzene rings is 2. The largest absolute Gasteiger partial charge is 0.461 e. The number of H-pyrrole nitrogens is 1. The van der Waals surface area contributed by atoms with Crippen LogP contribution in [0.1, 0.15) is 16.8 Å². The van der Waals surface area contributed by atoms with E-state index in [9.17, 15) is 26.7 Å². The van der Waals surface area contributed by atoms with Gasteiger partial charge >= 0.3 is 12.5 Å². The Morgan fingerprint density at radius 2 is 2.00 bits per heavy atom. The number of hydrogen-bond donors (Lipinski definition) is 2. The normalized spacial score (nSPS) is 16.7. The summed E-state index contributed by atoms with van der Waals surface area (Å²) in [5, 5.41) is 3.92. The van der Waals surface area contributed by atoms with Gasteiger partial charge in [-0.2, -0.15) is 17.6 Å². The number of rotatable bonds is 7. The predicted molar refractivity (Wildman–Crippen MR) is 109 cm³/mol. The highest BCUT2D eigenvalue weighted by Crippen LogP contribution is 2.31. The number of para-hydroxylation sites is 2. The average Bonchev–Trinajstić information content (AvgIpc) is 3.39. The minimum Gasteiger partial charge on any atom is -0.427 e. The number of aromatic amines is 1. The first kappa shape index (κ1) is 21.9. The summed E-state index contributed by atoms with van der Waals surface area (Å²) in [6.07, 6.45) is -8.07. The lowest BCUT2D eigenvalue weighted by molar-refractivity contribution is -0.253. The van der Waals surface area contributed by atoms with Crippen molar-refractivity contribution in [2.24, 2.45) is 5.92 Å². The molecule has 0 spiro atoms. The minimum atomic E-state index is -4.70. The molecule has 0 bridgehead atoms. The lowest BCUT2D eigenvalue weighted by Gasteiger charge is -2.21. The maximum Gasteiger partial charge on any atom is 0.461 e. The van der Waals surface area contributed by atoms with Gasteiger partial charge in [-0.15, -0.1) is 0 Å². The molecule has 4 rings (SSSR count). The van der Waals surface area contributed by atoms with Crippen molar-refractivity contribution in [1.29, 1.82) is 0 Å². The molecular formula is C22H20F5N3O2. The average molecular weight is 453 g/mol. The van der Waals surface area contributed by atoms with Crippen molar-refractivity contribution < 1.29 is 31.5 Å². The quantitative estimate of drug-likeness (QED) is 0.489. The lowest BCUT2D eigenvalue weighted by atomic mass is 10.1. The number of anilines is 1. The van der Waals surface area contributed by atoms with Crippen LogP contribution in [0.5, 0.6) is 5.75 Å². The molecule has 1 aromatic heterocycles. The highest BCUT2D eigenvalue weighted by atomic mass is 19.3. The van der Waals surface area contributed by atoms with Gasteiger partial charge in [0.05, 0.1) is 11.1 Å². The Morgan fingerprint density at radius 3 is 2.75 bits per heavy atom. The molecule has 1 fully saturated rings. The number of nitrogens with one attached hydrogen (secondary N) is 2. The van der Waals surface area contributed by atoms with Gasteiger partial charge in [0.15, 0.2) is 0 Å². The van der Waals surface area contributed by atoms with Gasteiger partial charge in [-0.1, -0.05) is 24.3 Å². The summed E-state index contributed by atoms with van der Waals surface area (Å²) >= 11 is 0. The number of aromatic nitrogens is 1. The number of fused-ring (bicyclic) bond motifs is 1. The van der Waals surface area contributed by atoms with Crippen LogP contribution in [0.2, 0.25) is 0 Å². The van der Waals surface area contributed by atoms with Crippen molar-refractivity contribution in [2.75, 3.05) is 25.0 Å². The first-order valence-electron chi connectivity index (χ1n) is 9.99. The second-order valence-corrected chi connectivity index (χ2v) is 7.63. The molecule has 170 valence electrons. The highest BCUT2D eigenvalue weighted by Gasteiger charge is 2.44. The molecule has 32 heavy (non-hydrogen) atoms. The van der Waals surface area contributed by atoms with E-state index in [1.807, 2.05) is 0 Å². The second-order valence-electron chi connectivity index (χ2n) is 7.63. The number of carbonyl (C=O) groups excluding carboxylic acids is 1. The van der Waals surface area contributed by atoms with E-state index in [2.05, 4.69) is 15.0 Å². The molecule has 0 unspecified atom stereocenters. The van der Waals surface area contributed by atoms with E-state index in [1.54, 1.807) is 18.2 Å². The van der Waals surface area contributed by atoms with E-state index in [-0.39, 0.29) is 17.3 Å². The van der Waals surface area contributed by atoms with Crippen LogP contribution in [0, 0.1) is 11.7 Å². The van der Waals surface area contributed by atoms with Crippen LogP contribution in [0.15, 0.2) is 48.5 Å². The van der Waals surface area contributed by atoms with E-state index in [4.69, 9.17) is 0 Å². The van der Waals surface area contributed by atoms with Gasteiger partial charge in [0.25, 0.3) is 5.91 Å². The molecule has 1 atom stereocenters. The van der Waals surface area contributed by atoms with Crippen molar-refractivity contribution in [3.8, 4) is 5.75 Å². The number of hydrogen-bond acceptors (Lipinski definition) is 3. The van der Waals surface area contributed by atoms with Gasteiger partial charge < -0.3 is 19.9 Å². The first-order chi connectivity index (χ1) is 15.2. The highest BCUT2D eigenvalue weighted by molar-refractivity contribution is 5.97. The Hall–Kier alpha value is -3.30. The summed E-state index contributed by atoms with van der Waals surface area (Å²) in [4.78, 5) is 17.3. The van der Waals surface area contributed by atoms with E-state index < -0.39 is 24.2 Å². The molecule has 1 saturated heterocycles. The Kier molecular flexibility index (Phi) is 5.94. The van der Waals surface area contributed by atoms with E-state index in [0.29, 0.717) is 37.4 Å². The summed E-state index contributed by atoms with van der Waals surface area (Å²) in [7, 11) is 0. The number of likely N-dealkylation sites (tertiary alicyclic amines) is 1. The molecule has 0 aliphatic carbocycles. The zero-order chi connectivity index (χ0) is 22.9. The molecule has 1 aliphatic heterocycles. The topological polar surface area (TPSA) is 57.4 Å². The van der Waals surface area contributed by atoms with Crippen LogP contribution < -0.4 is 10.1 Å². The van der Waals surface area contributed by atoms with E-state index in [1.165, 1.54) is 29.2 Å². The van der Waals surface area contributed by atoms with Crippen molar-refractivity contribution in [2.45, 2.75) is 19.0 Å². The van der Waals surface area contributed by atoms with Crippen LogP contribution >= 0.6 is 0 Å². The maximum absolute atomic E-state index is 13.8. The van der Waals surface area contributed by atoms with Crippen molar-refractivity contribution >= 4 is 22.6 Å². The summed E-state index contributed by atoms with van der Waals surface area (Å²) < 4.78 is 69.7. The number of alkyl halides is 4. The Balaban J connectivity index is 1.39. The molecule has 1 amide bonds. The van der Waals surface area contributed by atoms with Gasteiger partial charge in [-0.3, -0.25) is 4.79 Å². The monoisotopic (exact) mass is 453 g/mol. The second kappa shape index (κ2) is 8.68. The van der Waals surface area contributed by atoms with Crippen molar-refractivity contribution in [3.05, 3.63) is 59.9 Å². The smallest absolute Gasteiger partial charge is 0.427 e. The molecule has 3 aromatic rings. The summed E-state index contributed by atoms with van der Waals surface area (Å²) in [5.74, 6) is -0.814. The number of carbonyl (C=O) groups is 1. The van der Waals surface area contributed by atoms with Gasteiger partial charge in [0, 0.05) is 25.0 Å². The number of halogens is 5. The van der Waals surface area contributed by atoms with E-state index >= 15 is 0 Å². The predicted octanol–water partition coefficient (Wildman–Crippen LogP) is 5.12. The SMILES string of the molecule is O=C(c1ccccc1OC(F)(F)C(F)F)N1CC[C@@H](CNc2cc3cccc(F)c3[nH]2)C1. The third-order valence-corrected chi connectivity index (χ3v) is 5.38. The van der Waals surface area contributed by atoms with Crippen molar-refractivity contribution in [1.82, 2.24) is 9.88 Å². The van der Waals surface area contributed by atoms with Crippen LogP contribution in [0.25, 0.3) is 10.9 Å². The van der Waals surface area contributed by atoms with Gasteiger partial charge in [-0.25, -0.2) is 4.39 Å². The fourth-order valence-electron chi connectivity index (χ4n) is 3.75.